The van der Waals surface area contributed by atoms with E-state index in [4.69, 9.17) is 0 Å². The van der Waals surface area contributed by atoms with Gasteiger partial charge in [0, 0.05) is 17.1 Å². The van der Waals surface area contributed by atoms with Gasteiger partial charge in [-0.15, -0.1) is 0 Å². The van der Waals surface area contributed by atoms with Crippen molar-refractivity contribution < 1.29 is 13.9 Å². The topological polar surface area (TPSA) is 80.9 Å². The Balaban J connectivity index is 1.99. The second-order valence-electron chi connectivity index (χ2n) is 9.74. The molecule has 0 spiro atoms. The van der Waals surface area contributed by atoms with E-state index < -0.39 is 28.8 Å². The zero-order valence-corrected chi connectivity index (χ0v) is 21.7. The number of halogens is 2. The molecule has 3 heterocycles. The number of nitrogens with zero attached hydrogens (tertiary/aromatic N) is 4. The highest BCUT2D eigenvalue weighted by Crippen LogP contribution is 2.37. The molecule has 0 bridgehead atoms. The smallest absolute Gasteiger partial charge is 0.354 e. The molecular weight excluding hydrogens is 486 g/mol. The van der Waals surface area contributed by atoms with Crippen LogP contribution in [-0.4, -0.2) is 24.6 Å². The molecule has 8 heteroatoms. The minimum absolute atomic E-state index is 0.0546. The molecule has 0 saturated carbocycles. The highest BCUT2D eigenvalue weighted by Gasteiger charge is 2.25. The van der Waals surface area contributed by atoms with Gasteiger partial charge in [-0.2, -0.15) is 4.98 Å². The van der Waals surface area contributed by atoms with Crippen molar-refractivity contribution in [1.82, 2.24) is 19.5 Å². The number of fused-ring (bicyclic) bond motifs is 1. The quantitative estimate of drug-likeness (QED) is 0.296. The lowest BCUT2D eigenvalue weighted by atomic mass is 9.99. The molecule has 1 N–H and O–H groups in total. The lowest BCUT2D eigenvalue weighted by Crippen LogP contribution is -2.26. The maximum atomic E-state index is 15.7. The molecule has 0 amide bonds. The molecule has 0 unspecified atom stereocenters. The maximum absolute atomic E-state index is 15.7. The fourth-order valence-electron chi connectivity index (χ4n) is 4.73. The average Bonchev–Trinajstić information content (AvgIpc) is 2.86. The van der Waals surface area contributed by atoms with Crippen LogP contribution in [0.1, 0.15) is 42.1 Å². The van der Waals surface area contributed by atoms with E-state index in [0.29, 0.717) is 16.9 Å². The summed E-state index contributed by atoms with van der Waals surface area (Å²) in [5, 5.41) is 10.7. The van der Waals surface area contributed by atoms with Gasteiger partial charge in [0.2, 0.25) is 0 Å². The minimum Gasteiger partial charge on any atom is -0.507 e. The number of aryl methyl sites for hydroxylation is 3. The number of benzene rings is 2. The molecule has 0 radical (unpaired) electrons. The largest absolute Gasteiger partial charge is 0.507 e. The first kappa shape index (κ1) is 25.2. The van der Waals surface area contributed by atoms with Crippen LogP contribution in [0.2, 0.25) is 0 Å². The third-order valence-electron chi connectivity index (χ3n) is 6.62. The van der Waals surface area contributed by atoms with E-state index in [1.807, 2.05) is 52.8 Å². The van der Waals surface area contributed by atoms with E-state index >= 15 is 4.39 Å². The van der Waals surface area contributed by atoms with Crippen molar-refractivity contribution in [2.75, 3.05) is 0 Å². The number of phenolic OH excluding ortho intramolecular Hbond substituents is 1. The van der Waals surface area contributed by atoms with Crippen molar-refractivity contribution in [2.45, 2.75) is 40.5 Å². The Morgan fingerprint density at radius 1 is 0.895 bits per heavy atom. The molecule has 38 heavy (non-hydrogen) atoms. The summed E-state index contributed by atoms with van der Waals surface area (Å²) in [7, 11) is 0. The van der Waals surface area contributed by atoms with Crippen LogP contribution < -0.4 is 5.69 Å². The van der Waals surface area contributed by atoms with Gasteiger partial charge < -0.3 is 5.11 Å². The van der Waals surface area contributed by atoms with Crippen LogP contribution in [0.4, 0.5) is 8.78 Å². The Hall–Kier alpha value is -4.46. The number of pyridine rings is 2. The second-order valence-corrected chi connectivity index (χ2v) is 9.74. The number of hydrogen-bond acceptors (Lipinski definition) is 5. The van der Waals surface area contributed by atoms with E-state index in [-0.39, 0.29) is 28.2 Å². The number of aromatic hydroxyl groups is 1. The molecular formula is C30H26F2N4O2. The van der Waals surface area contributed by atoms with Gasteiger partial charge >= 0.3 is 5.69 Å². The minimum atomic E-state index is -0.858. The van der Waals surface area contributed by atoms with E-state index in [9.17, 15) is 14.3 Å². The normalized spacial score (nSPS) is 11.5. The predicted molar refractivity (Wildman–Crippen MR) is 144 cm³/mol. The molecule has 0 aliphatic heterocycles. The first-order valence-corrected chi connectivity index (χ1v) is 12.2. The third-order valence-corrected chi connectivity index (χ3v) is 6.62. The van der Waals surface area contributed by atoms with Gasteiger partial charge in [-0.25, -0.2) is 23.1 Å². The van der Waals surface area contributed by atoms with E-state index in [1.165, 1.54) is 22.8 Å². The molecule has 0 aliphatic rings. The van der Waals surface area contributed by atoms with E-state index in [0.717, 1.165) is 22.8 Å². The van der Waals surface area contributed by atoms with Gasteiger partial charge in [0.1, 0.15) is 17.3 Å². The van der Waals surface area contributed by atoms with Gasteiger partial charge in [-0.1, -0.05) is 37.6 Å². The van der Waals surface area contributed by atoms with Crippen molar-refractivity contribution >= 4 is 11.0 Å². The first-order chi connectivity index (χ1) is 18.1. The molecule has 2 aromatic carbocycles. The van der Waals surface area contributed by atoms with Crippen LogP contribution in [0.15, 0.2) is 59.5 Å². The molecule has 5 aromatic rings. The SMILES string of the molecule is Cc1ccc(C)c(-c2nc(=O)n(-c3c(C)ccnc3C(C)C)c3nc(-c4c(O)cccc4F)c(F)cc23)c1. The summed E-state index contributed by atoms with van der Waals surface area (Å²) in [6.45, 7) is 9.54. The first-order valence-electron chi connectivity index (χ1n) is 12.2. The monoisotopic (exact) mass is 512 g/mol. The van der Waals surface area contributed by atoms with Crippen molar-refractivity contribution in [2.24, 2.45) is 0 Å². The highest BCUT2D eigenvalue weighted by molar-refractivity contribution is 5.94. The predicted octanol–water partition coefficient (Wildman–Crippen LogP) is 6.54. The summed E-state index contributed by atoms with van der Waals surface area (Å²) in [6, 6.07) is 12.4. The molecule has 0 saturated heterocycles. The zero-order valence-electron chi connectivity index (χ0n) is 21.7. The molecule has 5 rings (SSSR count). The summed E-state index contributed by atoms with van der Waals surface area (Å²) < 4.78 is 31.8. The molecule has 192 valence electrons. The number of rotatable bonds is 4. The number of aromatic nitrogens is 4. The van der Waals surface area contributed by atoms with Gasteiger partial charge in [0.05, 0.1) is 22.6 Å². The Kier molecular flexibility index (Phi) is 6.26. The van der Waals surface area contributed by atoms with Gasteiger partial charge in [0.25, 0.3) is 0 Å². The zero-order chi connectivity index (χ0) is 27.3. The summed E-state index contributed by atoms with van der Waals surface area (Å²) in [6.07, 6.45) is 1.66. The van der Waals surface area contributed by atoms with Gasteiger partial charge in [-0.05, 0) is 68.1 Å². The summed E-state index contributed by atoms with van der Waals surface area (Å²) >= 11 is 0. The number of phenols is 1. The van der Waals surface area contributed by atoms with Crippen LogP contribution in [-0.2, 0) is 0 Å². The third kappa shape index (κ3) is 4.12. The van der Waals surface area contributed by atoms with E-state index in [1.54, 1.807) is 12.3 Å². The Morgan fingerprint density at radius 2 is 1.66 bits per heavy atom. The van der Waals surface area contributed by atoms with Crippen molar-refractivity contribution in [3.05, 3.63) is 99.2 Å². The molecule has 3 aromatic heterocycles. The lowest BCUT2D eigenvalue weighted by molar-refractivity contribution is 0.470. The summed E-state index contributed by atoms with van der Waals surface area (Å²) in [5.74, 6) is -2.22. The Bertz CT molecular complexity index is 1770. The fourth-order valence-corrected chi connectivity index (χ4v) is 4.73. The van der Waals surface area contributed by atoms with Crippen LogP contribution in [0.5, 0.6) is 5.75 Å². The molecule has 0 atom stereocenters. The summed E-state index contributed by atoms with van der Waals surface area (Å²) in [4.78, 5) is 27.2. The summed E-state index contributed by atoms with van der Waals surface area (Å²) in [5.41, 5.74) is 3.24. The Labute approximate surface area is 218 Å². The molecule has 6 nitrogen and oxygen atoms in total. The molecule has 0 aliphatic carbocycles. The van der Waals surface area contributed by atoms with Gasteiger partial charge in [0.15, 0.2) is 11.5 Å². The van der Waals surface area contributed by atoms with Crippen LogP contribution in [0.3, 0.4) is 0 Å². The van der Waals surface area contributed by atoms with Crippen LogP contribution >= 0.6 is 0 Å². The fraction of sp³-hybridized carbons (Fsp3) is 0.200. The molecule has 0 fully saturated rings. The van der Waals surface area contributed by atoms with Crippen molar-refractivity contribution in [3.8, 4) is 34.0 Å². The van der Waals surface area contributed by atoms with Gasteiger partial charge in [-0.3, -0.25) is 4.98 Å². The van der Waals surface area contributed by atoms with Crippen molar-refractivity contribution in [1.29, 1.82) is 0 Å². The number of hydrogen-bond donors (Lipinski definition) is 1. The van der Waals surface area contributed by atoms with Crippen LogP contribution in [0.25, 0.3) is 39.2 Å². The average molecular weight is 513 g/mol. The lowest BCUT2D eigenvalue weighted by Gasteiger charge is -2.19. The highest BCUT2D eigenvalue weighted by atomic mass is 19.1. The standard InChI is InChI=1S/C30H26F2N4O2/c1-15(2)25-28(18(5)11-12-33-25)36-29-20(26(35-30(36)38)19-13-16(3)9-10-17(19)4)14-22(32)27(34-29)24-21(31)7-6-8-23(24)37/h6-15,37H,1-5H3. The van der Waals surface area contributed by atoms with Crippen molar-refractivity contribution in [3.63, 3.8) is 0 Å². The maximum Gasteiger partial charge on any atom is 0.354 e. The van der Waals surface area contributed by atoms with Crippen LogP contribution in [0, 0.1) is 32.4 Å². The van der Waals surface area contributed by atoms with E-state index in [2.05, 4.69) is 15.0 Å². The Morgan fingerprint density at radius 3 is 2.37 bits per heavy atom. The second kappa shape index (κ2) is 9.45.